The van der Waals surface area contributed by atoms with Gasteiger partial charge in [0.25, 0.3) is 0 Å². The Morgan fingerprint density at radius 1 is 1.33 bits per heavy atom. The summed E-state index contributed by atoms with van der Waals surface area (Å²) in [5.41, 5.74) is 2.97. The third-order valence-corrected chi connectivity index (χ3v) is 2.69. The maximum Gasteiger partial charge on any atom is 0.124 e. The van der Waals surface area contributed by atoms with Crippen LogP contribution in [0.4, 0.5) is 5.69 Å². The highest BCUT2D eigenvalue weighted by Gasteiger charge is 2.04. The molecule has 1 heterocycles. The van der Waals surface area contributed by atoms with Crippen LogP contribution < -0.4 is 10.1 Å². The van der Waals surface area contributed by atoms with E-state index in [1.54, 1.807) is 0 Å². The fourth-order valence-corrected chi connectivity index (χ4v) is 1.78. The molecule has 0 unspecified atom stereocenters. The molecule has 0 bridgehead atoms. The Balaban J connectivity index is 2.05. The standard InChI is InChI=1S/C14H18N2O2/c1-2-18-14-4-3-13(7-12(14)10-17)16-9-11-5-6-15-8-11/h3-8,15-17H,2,9-10H2,1H3. The number of nitrogens with one attached hydrogen (secondary N) is 2. The number of rotatable bonds is 6. The maximum atomic E-state index is 9.31. The van der Waals surface area contributed by atoms with Crippen molar-refractivity contribution >= 4 is 5.69 Å². The Morgan fingerprint density at radius 2 is 2.22 bits per heavy atom. The molecule has 0 fully saturated rings. The zero-order valence-corrected chi connectivity index (χ0v) is 10.4. The van der Waals surface area contributed by atoms with E-state index >= 15 is 0 Å². The average molecular weight is 246 g/mol. The van der Waals surface area contributed by atoms with Gasteiger partial charge >= 0.3 is 0 Å². The molecule has 0 radical (unpaired) electrons. The predicted octanol–water partition coefficient (Wildman–Crippen LogP) is 2.52. The summed E-state index contributed by atoms with van der Waals surface area (Å²) in [6, 6.07) is 7.78. The summed E-state index contributed by atoms with van der Waals surface area (Å²) in [4.78, 5) is 3.01. The number of aliphatic hydroxyl groups is 1. The molecule has 4 nitrogen and oxygen atoms in total. The number of benzene rings is 1. The molecule has 0 saturated carbocycles. The predicted molar refractivity (Wildman–Crippen MR) is 71.7 cm³/mol. The van der Waals surface area contributed by atoms with E-state index in [1.165, 1.54) is 5.56 Å². The van der Waals surface area contributed by atoms with Crippen molar-refractivity contribution in [2.24, 2.45) is 0 Å². The van der Waals surface area contributed by atoms with Crippen molar-refractivity contribution in [2.75, 3.05) is 11.9 Å². The van der Waals surface area contributed by atoms with Crippen molar-refractivity contribution in [3.63, 3.8) is 0 Å². The van der Waals surface area contributed by atoms with Gasteiger partial charge < -0.3 is 20.1 Å². The molecule has 18 heavy (non-hydrogen) atoms. The Kier molecular flexibility index (Phi) is 4.25. The lowest BCUT2D eigenvalue weighted by Gasteiger charge is -2.11. The summed E-state index contributed by atoms with van der Waals surface area (Å²) in [5, 5.41) is 12.6. The van der Waals surface area contributed by atoms with E-state index < -0.39 is 0 Å². The minimum absolute atomic E-state index is 0.0188. The minimum atomic E-state index is -0.0188. The van der Waals surface area contributed by atoms with Gasteiger partial charge in [0.15, 0.2) is 0 Å². The van der Waals surface area contributed by atoms with Crippen LogP contribution in [0.25, 0.3) is 0 Å². The van der Waals surface area contributed by atoms with Crippen LogP contribution in [-0.2, 0) is 13.2 Å². The molecule has 1 aromatic carbocycles. The summed E-state index contributed by atoms with van der Waals surface area (Å²) >= 11 is 0. The van der Waals surface area contributed by atoms with Gasteiger partial charge in [0.05, 0.1) is 13.2 Å². The molecular weight excluding hydrogens is 228 g/mol. The Labute approximate surface area is 107 Å². The molecule has 0 atom stereocenters. The van der Waals surface area contributed by atoms with Crippen molar-refractivity contribution in [3.8, 4) is 5.75 Å². The van der Waals surface area contributed by atoms with Gasteiger partial charge in [0, 0.05) is 30.2 Å². The van der Waals surface area contributed by atoms with Crippen LogP contribution in [0.15, 0.2) is 36.7 Å². The van der Waals surface area contributed by atoms with Crippen LogP contribution >= 0.6 is 0 Å². The van der Waals surface area contributed by atoms with Gasteiger partial charge in [-0.2, -0.15) is 0 Å². The highest BCUT2D eigenvalue weighted by atomic mass is 16.5. The third kappa shape index (κ3) is 3.05. The largest absolute Gasteiger partial charge is 0.494 e. The lowest BCUT2D eigenvalue weighted by molar-refractivity contribution is 0.267. The third-order valence-electron chi connectivity index (χ3n) is 2.69. The molecule has 0 amide bonds. The first kappa shape index (κ1) is 12.5. The highest BCUT2D eigenvalue weighted by Crippen LogP contribution is 2.23. The van der Waals surface area contributed by atoms with Gasteiger partial charge in [0.1, 0.15) is 5.75 Å². The van der Waals surface area contributed by atoms with Gasteiger partial charge in [-0.15, -0.1) is 0 Å². The first-order chi connectivity index (χ1) is 8.83. The van der Waals surface area contributed by atoms with E-state index in [0.717, 1.165) is 23.5 Å². The number of ether oxygens (including phenoxy) is 1. The van der Waals surface area contributed by atoms with E-state index in [2.05, 4.69) is 10.3 Å². The van der Waals surface area contributed by atoms with E-state index in [-0.39, 0.29) is 6.61 Å². The summed E-state index contributed by atoms with van der Waals surface area (Å²) in [5.74, 6) is 0.743. The van der Waals surface area contributed by atoms with Crippen LogP contribution in [0.3, 0.4) is 0 Å². The minimum Gasteiger partial charge on any atom is -0.494 e. The van der Waals surface area contributed by atoms with Crippen molar-refractivity contribution in [2.45, 2.75) is 20.1 Å². The normalized spacial score (nSPS) is 10.3. The quantitative estimate of drug-likeness (QED) is 0.734. The molecule has 0 aliphatic heterocycles. The molecular formula is C14H18N2O2. The average Bonchev–Trinajstić information content (AvgIpc) is 2.91. The van der Waals surface area contributed by atoms with E-state index in [9.17, 15) is 5.11 Å². The zero-order valence-electron chi connectivity index (χ0n) is 10.4. The number of aromatic amines is 1. The summed E-state index contributed by atoms with van der Waals surface area (Å²) in [7, 11) is 0. The number of hydrogen-bond acceptors (Lipinski definition) is 3. The molecule has 96 valence electrons. The number of aliphatic hydroxyl groups excluding tert-OH is 1. The molecule has 2 aromatic rings. The topological polar surface area (TPSA) is 57.3 Å². The highest BCUT2D eigenvalue weighted by molar-refractivity contribution is 5.51. The monoisotopic (exact) mass is 246 g/mol. The van der Waals surface area contributed by atoms with Crippen molar-refractivity contribution in [1.29, 1.82) is 0 Å². The van der Waals surface area contributed by atoms with Gasteiger partial charge in [-0.3, -0.25) is 0 Å². The molecule has 0 saturated heterocycles. The summed E-state index contributed by atoms with van der Waals surface area (Å²) < 4.78 is 5.44. The smallest absolute Gasteiger partial charge is 0.124 e. The Hall–Kier alpha value is -1.94. The molecule has 1 aromatic heterocycles. The number of aromatic nitrogens is 1. The molecule has 0 aliphatic rings. The first-order valence-corrected chi connectivity index (χ1v) is 6.05. The molecule has 4 heteroatoms. The van der Waals surface area contributed by atoms with E-state index in [0.29, 0.717) is 6.61 Å². The summed E-state index contributed by atoms with van der Waals surface area (Å²) in [6.45, 7) is 3.26. The summed E-state index contributed by atoms with van der Waals surface area (Å²) in [6.07, 6.45) is 3.85. The van der Waals surface area contributed by atoms with Gasteiger partial charge in [-0.05, 0) is 36.8 Å². The van der Waals surface area contributed by atoms with Crippen LogP contribution in [0, 0.1) is 0 Å². The number of anilines is 1. The number of hydrogen-bond donors (Lipinski definition) is 3. The van der Waals surface area contributed by atoms with Crippen LogP contribution in [0.2, 0.25) is 0 Å². The van der Waals surface area contributed by atoms with Crippen molar-refractivity contribution in [1.82, 2.24) is 4.98 Å². The fraction of sp³-hybridized carbons (Fsp3) is 0.286. The Morgan fingerprint density at radius 3 is 2.89 bits per heavy atom. The van der Waals surface area contributed by atoms with Crippen LogP contribution in [0.1, 0.15) is 18.1 Å². The molecule has 3 N–H and O–H groups in total. The van der Waals surface area contributed by atoms with Crippen LogP contribution in [-0.4, -0.2) is 16.7 Å². The second-order valence-corrected chi connectivity index (χ2v) is 3.99. The molecule has 2 rings (SSSR count). The van der Waals surface area contributed by atoms with Gasteiger partial charge in [-0.1, -0.05) is 0 Å². The SMILES string of the molecule is CCOc1ccc(NCc2cc[nH]c2)cc1CO. The van der Waals surface area contributed by atoms with Crippen molar-refractivity contribution in [3.05, 3.63) is 47.8 Å². The molecule has 0 spiro atoms. The maximum absolute atomic E-state index is 9.31. The fourth-order valence-electron chi connectivity index (χ4n) is 1.78. The van der Waals surface area contributed by atoms with E-state index in [4.69, 9.17) is 4.74 Å². The second kappa shape index (κ2) is 6.12. The Bertz CT molecular complexity index is 481. The molecule has 0 aliphatic carbocycles. The van der Waals surface area contributed by atoms with Gasteiger partial charge in [-0.25, -0.2) is 0 Å². The van der Waals surface area contributed by atoms with Crippen molar-refractivity contribution < 1.29 is 9.84 Å². The second-order valence-electron chi connectivity index (χ2n) is 3.99. The number of H-pyrrole nitrogens is 1. The zero-order chi connectivity index (χ0) is 12.8. The first-order valence-electron chi connectivity index (χ1n) is 6.05. The van der Waals surface area contributed by atoms with Crippen LogP contribution in [0.5, 0.6) is 5.75 Å². The lowest BCUT2D eigenvalue weighted by atomic mass is 10.2. The lowest BCUT2D eigenvalue weighted by Crippen LogP contribution is -2.01. The van der Waals surface area contributed by atoms with E-state index in [1.807, 2.05) is 43.6 Å². The van der Waals surface area contributed by atoms with Gasteiger partial charge in [0.2, 0.25) is 0 Å².